The molecule has 1 fully saturated rings. The SMILES string of the molecule is CCNC(=NCC(O)Cc1ccccc1)NC1CCN(Cc2ccccc2)C(C)C1. The van der Waals surface area contributed by atoms with Crippen LogP contribution in [-0.2, 0) is 13.0 Å². The zero-order valence-corrected chi connectivity index (χ0v) is 18.3. The third-order valence-electron chi connectivity index (χ3n) is 5.70. The van der Waals surface area contributed by atoms with Crippen molar-refractivity contribution in [2.75, 3.05) is 19.6 Å². The van der Waals surface area contributed by atoms with Crippen molar-refractivity contribution in [3.05, 3.63) is 71.8 Å². The molecule has 3 N–H and O–H groups in total. The van der Waals surface area contributed by atoms with Gasteiger partial charge in [0.2, 0.25) is 0 Å². The van der Waals surface area contributed by atoms with Crippen molar-refractivity contribution >= 4 is 5.96 Å². The smallest absolute Gasteiger partial charge is 0.191 e. The van der Waals surface area contributed by atoms with Gasteiger partial charge in [0.1, 0.15) is 0 Å². The number of hydrogen-bond donors (Lipinski definition) is 3. The molecule has 5 nitrogen and oxygen atoms in total. The van der Waals surface area contributed by atoms with Crippen molar-refractivity contribution in [1.29, 1.82) is 0 Å². The Kier molecular flexibility index (Phi) is 8.72. The predicted molar refractivity (Wildman–Crippen MR) is 125 cm³/mol. The van der Waals surface area contributed by atoms with Crippen LogP contribution in [0.2, 0.25) is 0 Å². The molecule has 2 aromatic rings. The van der Waals surface area contributed by atoms with E-state index in [0.717, 1.165) is 44.0 Å². The summed E-state index contributed by atoms with van der Waals surface area (Å²) in [4.78, 5) is 7.20. The fourth-order valence-electron chi connectivity index (χ4n) is 4.07. The van der Waals surface area contributed by atoms with E-state index < -0.39 is 6.10 Å². The first-order valence-electron chi connectivity index (χ1n) is 11.2. The third kappa shape index (κ3) is 7.15. The predicted octanol–water partition coefficient (Wildman–Crippen LogP) is 3.20. The molecule has 2 aromatic carbocycles. The minimum absolute atomic E-state index is 0.395. The molecule has 162 valence electrons. The van der Waals surface area contributed by atoms with Gasteiger partial charge in [-0.15, -0.1) is 0 Å². The van der Waals surface area contributed by atoms with Gasteiger partial charge >= 0.3 is 0 Å². The van der Waals surface area contributed by atoms with Gasteiger partial charge in [-0.3, -0.25) is 9.89 Å². The maximum absolute atomic E-state index is 10.4. The summed E-state index contributed by atoms with van der Waals surface area (Å²) in [7, 11) is 0. The number of aliphatic hydroxyl groups excluding tert-OH is 1. The normalized spacial score (nSPS) is 21.2. The van der Waals surface area contributed by atoms with E-state index in [4.69, 9.17) is 0 Å². The average Bonchev–Trinajstić information content (AvgIpc) is 2.76. The summed E-state index contributed by atoms with van der Waals surface area (Å²) in [5.41, 5.74) is 2.51. The Hall–Kier alpha value is -2.37. The minimum Gasteiger partial charge on any atom is -0.391 e. The fraction of sp³-hybridized carbons (Fsp3) is 0.480. The standard InChI is InChI=1S/C25H36N4O/c1-3-26-25(27-18-24(30)17-21-10-6-4-7-11-21)28-23-14-15-29(20(2)16-23)19-22-12-8-5-9-13-22/h4-13,20,23-24,30H,3,14-19H2,1-2H3,(H2,26,27,28). The van der Waals surface area contributed by atoms with E-state index in [1.54, 1.807) is 0 Å². The number of hydrogen-bond acceptors (Lipinski definition) is 3. The van der Waals surface area contributed by atoms with E-state index in [-0.39, 0.29) is 0 Å². The number of likely N-dealkylation sites (tertiary alicyclic amines) is 1. The van der Waals surface area contributed by atoms with E-state index in [1.165, 1.54) is 5.56 Å². The van der Waals surface area contributed by atoms with Gasteiger partial charge in [-0.2, -0.15) is 0 Å². The van der Waals surface area contributed by atoms with Crippen LogP contribution in [-0.4, -0.2) is 53.8 Å². The Bertz CT molecular complexity index is 765. The highest BCUT2D eigenvalue weighted by Gasteiger charge is 2.26. The van der Waals surface area contributed by atoms with Crippen molar-refractivity contribution in [3.8, 4) is 0 Å². The summed E-state index contributed by atoms with van der Waals surface area (Å²) in [6.07, 6.45) is 2.32. The highest BCUT2D eigenvalue weighted by Crippen LogP contribution is 2.20. The molecule has 5 heteroatoms. The molecule has 0 amide bonds. The minimum atomic E-state index is -0.477. The lowest BCUT2D eigenvalue weighted by molar-refractivity contribution is 0.134. The number of nitrogens with one attached hydrogen (secondary N) is 2. The first-order chi connectivity index (χ1) is 14.6. The van der Waals surface area contributed by atoms with Gasteiger partial charge in [-0.05, 0) is 37.8 Å². The molecule has 0 spiro atoms. The zero-order chi connectivity index (χ0) is 21.2. The Morgan fingerprint density at radius 2 is 1.77 bits per heavy atom. The summed E-state index contributed by atoms with van der Waals surface area (Å²) >= 11 is 0. The molecule has 1 aliphatic heterocycles. The lowest BCUT2D eigenvalue weighted by Crippen LogP contribution is -2.51. The number of rotatable bonds is 8. The second kappa shape index (κ2) is 11.7. The van der Waals surface area contributed by atoms with Crippen molar-refractivity contribution < 1.29 is 5.11 Å². The molecule has 3 atom stereocenters. The number of piperidine rings is 1. The van der Waals surface area contributed by atoms with Gasteiger partial charge < -0.3 is 15.7 Å². The first kappa shape index (κ1) is 22.3. The lowest BCUT2D eigenvalue weighted by atomic mass is 9.97. The van der Waals surface area contributed by atoms with Crippen molar-refractivity contribution in [3.63, 3.8) is 0 Å². The molecule has 3 unspecified atom stereocenters. The van der Waals surface area contributed by atoms with Gasteiger partial charge in [0.05, 0.1) is 12.6 Å². The molecule has 0 bridgehead atoms. The summed E-state index contributed by atoms with van der Waals surface area (Å²) in [6.45, 7) is 7.67. The van der Waals surface area contributed by atoms with E-state index in [9.17, 15) is 5.11 Å². The molecule has 0 aromatic heterocycles. The maximum Gasteiger partial charge on any atom is 0.191 e. The van der Waals surface area contributed by atoms with Crippen LogP contribution in [0.15, 0.2) is 65.7 Å². The summed E-state index contributed by atoms with van der Waals surface area (Å²) in [5, 5.41) is 17.3. The highest BCUT2D eigenvalue weighted by atomic mass is 16.3. The zero-order valence-electron chi connectivity index (χ0n) is 18.3. The Labute approximate surface area is 181 Å². The van der Waals surface area contributed by atoms with Crippen LogP contribution < -0.4 is 10.6 Å². The van der Waals surface area contributed by atoms with Crippen molar-refractivity contribution in [2.24, 2.45) is 4.99 Å². The topological polar surface area (TPSA) is 59.9 Å². The van der Waals surface area contributed by atoms with E-state index in [2.05, 4.69) is 64.7 Å². The quantitative estimate of drug-likeness (QED) is 0.464. The van der Waals surface area contributed by atoms with Crippen LogP contribution in [0.25, 0.3) is 0 Å². The fourth-order valence-corrected chi connectivity index (χ4v) is 4.07. The van der Waals surface area contributed by atoms with Gasteiger partial charge in [0.15, 0.2) is 5.96 Å². The number of guanidine groups is 1. The first-order valence-corrected chi connectivity index (χ1v) is 11.2. The largest absolute Gasteiger partial charge is 0.391 e. The Morgan fingerprint density at radius 1 is 1.10 bits per heavy atom. The maximum atomic E-state index is 10.4. The van der Waals surface area contributed by atoms with Crippen molar-refractivity contribution in [2.45, 2.75) is 57.8 Å². The molecular weight excluding hydrogens is 372 g/mol. The van der Waals surface area contributed by atoms with E-state index in [0.29, 0.717) is 25.0 Å². The molecule has 1 saturated heterocycles. The molecule has 0 aliphatic carbocycles. The highest BCUT2D eigenvalue weighted by molar-refractivity contribution is 5.80. The molecule has 1 aliphatic rings. The Morgan fingerprint density at radius 3 is 2.40 bits per heavy atom. The van der Waals surface area contributed by atoms with E-state index in [1.807, 2.05) is 30.3 Å². The number of nitrogens with zero attached hydrogens (tertiary/aromatic N) is 2. The molecule has 1 heterocycles. The summed E-state index contributed by atoms with van der Waals surface area (Å²) in [5.74, 6) is 0.804. The van der Waals surface area contributed by atoms with Crippen molar-refractivity contribution in [1.82, 2.24) is 15.5 Å². The Balaban J connectivity index is 1.49. The van der Waals surface area contributed by atoms with Crippen LogP contribution in [0, 0.1) is 0 Å². The second-order valence-corrected chi connectivity index (χ2v) is 8.23. The van der Waals surface area contributed by atoms with Crippen LogP contribution in [0.5, 0.6) is 0 Å². The number of aliphatic imine (C=N–C) groups is 1. The summed E-state index contributed by atoms with van der Waals surface area (Å²) in [6, 6.07) is 21.7. The molecule has 30 heavy (non-hydrogen) atoms. The number of benzene rings is 2. The van der Waals surface area contributed by atoms with Crippen LogP contribution in [0.4, 0.5) is 0 Å². The molecule has 3 rings (SSSR count). The van der Waals surface area contributed by atoms with Crippen LogP contribution in [0.1, 0.15) is 37.8 Å². The van der Waals surface area contributed by atoms with Crippen LogP contribution in [0.3, 0.4) is 0 Å². The van der Waals surface area contributed by atoms with Gasteiger partial charge in [-0.25, -0.2) is 0 Å². The number of aliphatic hydroxyl groups is 1. The third-order valence-corrected chi connectivity index (χ3v) is 5.70. The van der Waals surface area contributed by atoms with Gasteiger partial charge in [-0.1, -0.05) is 60.7 Å². The second-order valence-electron chi connectivity index (χ2n) is 8.23. The lowest BCUT2D eigenvalue weighted by Gasteiger charge is -2.38. The molecular formula is C25H36N4O. The van der Waals surface area contributed by atoms with Crippen LogP contribution >= 0.6 is 0 Å². The van der Waals surface area contributed by atoms with Gasteiger partial charge in [0.25, 0.3) is 0 Å². The molecule has 0 radical (unpaired) electrons. The van der Waals surface area contributed by atoms with E-state index >= 15 is 0 Å². The summed E-state index contributed by atoms with van der Waals surface area (Å²) < 4.78 is 0. The average molecular weight is 409 g/mol. The van der Waals surface area contributed by atoms with Gasteiger partial charge in [0, 0.05) is 38.1 Å². The monoisotopic (exact) mass is 408 g/mol. The molecule has 0 saturated carbocycles.